The molecule has 23 heavy (non-hydrogen) atoms. The molecule has 1 saturated carbocycles. The van der Waals surface area contributed by atoms with Gasteiger partial charge in [0.1, 0.15) is 5.75 Å². The number of carbonyl (C=O) groups is 2. The summed E-state index contributed by atoms with van der Waals surface area (Å²) in [5.41, 5.74) is 1.50. The number of aliphatic carboxylic acids is 1. The summed E-state index contributed by atoms with van der Waals surface area (Å²) in [6, 6.07) is 3.52. The Morgan fingerprint density at radius 1 is 1.22 bits per heavy atom. The predicted molar refractivity (Wildman–Crippen MR) is 86.9 cm³/mol. The minimum absolute atomic E-state index is 0.0146. The molecule has 124 valence electrons. The number of fused-ring (bicyclic) bond motifs is 3. The Balaban J connectivity index is 2.15. The van der Waals surface area contributed by atoms with Crippen LogP contribution in [-0.4, -0.2) is 22.0 Å². The van der Waals surface area contributed by atoms with E-state index in [1.807, 2.05) is 6.92 Å². The van der Waals surface area contributed by atoms with Crippen LogP contribution in [0.5, 0.6) is 5.75 Å². The van der Waals surface area contributed by atoms with Crippen molar-refractivity contribution in [1.29, 1.82) is 0 Å². The van der Waals surface area contributed by atoms with Crippen LogP contribution in [0.3, 0.4) is 0 Å². The van der Waals surface area contributed by atoms with E-state index in [0.29, 0.717) is 12.0 Å². The third-order valence-corrected chi connectivity index (χ3v) is 6.34. The molecule has 0 bridgehead atoms. The van der Waals surface area contributed by atoms with Gasteiger partial charge in [-0.05, 0) is 74.1 Å². The van der Waals surface area contributed by atoms with Crippen LogP contribution in [-0.2, 0) is 16.6 Å². The first-order valence-corrected chi connectivity index (χ1v) is 8.31. The molecule has 0 heterocycles. The van der Waals surface area contributed by atoms with Gasteiger partial charge in [0.05, 0.1) is 11.0 Å². The summed E-state index contributed by atoms with van der Waals surface area (Å²) in [5.74, 6) is -0.796. The summed E-state index contributed by atoms with van der Waals surface area (Å²) in [6.45, 7) is 5.45. The third kappa shape index (κ3) is 2.19. The summed E-state index contributed by atoms with van der Waals surface area (Å²) >= 11 is 0. The van der Waals surface area contributed by atoms with Crippen molar-refractivity contribution in [1.82, 2.24) is 0 Å². The molecule has 1 fully saturated rings. The second-order valence-corrected chi connectivity index (χ2v) is 7.67. The zero-order chi connectivity index (χ0) is 17.0. The van der Waals surface area contributed by atoms with Gasteiger partial charge in [0, 0.05) is 0 Å². The van der Waals surface area contributed by atoms with Gasteiger partial charge in [-0.15, -0.1) is 0 Å². The van der Waals surface area contributed by atoms with Crippen LogP contribution in [0.2, 0.25) is 0 Å². The van der Waals surface area contributed by atoms with Gasteiger partial charge in [-0.25, -0.2) is 0 Å². The molecule has 2 aliphatic rings. The number of aryl methyl sites for hydroxylation is 1. The minimum atomic E-state index is -0.723. The van der Waals surface area contributed by atoms with E-state index < -0.39 is 11.4 Å². The van der Waals surface area contributed by atoms with E-state index in [1.54, 1.807) is 12.1 Å². The second-order valence-electron chi connectivity index (χ2n) is 7.67. The van der Waals surface area contributed by atoms with Crippen molar-refractivity contribution < 1.29 is 19.8 Å². The second kappa shape index (κ2) is 5.08. The van der Waals surface area contributed by atoms with Crippen LogP contribution in [0.15, 0.2) is 12.1 Å². The summed E-state index contributed by atoms with van der Waals surface area (Å²) in [6.07, 6.45) is 4.07. The highest BCUT2D eigenvalue weighted by atomic mass is 16.4. The molecule has 2 aliphatic carbocycles. The van der Waals surface area contributed by atoms with E-state index in [9.17, 15) is 19.8 Å². The molecule has 3 rings (SSSR count). The fraction of sp³-hybridized carbons (Fsp3) is 0.579. The number of benzene rings is 1. The number of ketones is 1. The fourth-order valence-corrected chi connectivity index (χ4v) is 5.04. The van der Waals surface area contributed by atoms with Gasteiger partial charge in [0.25, 0.3) is 0 Å². The molecule has 0 aromatic heterocycles. The van der Waals surface area contributed by atoms with Gasteiger partial charge >= 0.3 is 5.97 Å². The SMILES string of the molecule is CC(=O)c1cc2c(cc1O)[C@]1(C)CCC[C@](C)(C(=O)O)[C@H]1CC2. The normalized spacial score (nSPS) is 32.7. The van der Waals surface area contributed by atoms with E-state index in [0.717, 1.165) is 36.8 Å². The molecule has 0 aliphatic heterocycles. The highest BCUT2D eigenvalue weighted by Gasteiger charge is 2.55. The molecule has 1 aromatic rings. The van der Waals surface area contributed by atoms with Gasteiger partial charge in [0.15, 0.2) is 5.78 Å². The molecule has 0 radical (unpaired) electrons. The van der Waals surface area contributed by atoms with Crippen LogP contribution < -0.4 is 0 Å². The summed E-state index contributed by atoms with van der Waals surface area (Å²) in [5, 5.41) is 20.0. The smallest absolute Gasteiger partial charge is 0.309 e. The zero-order valence-electron chi connectivity index (χ0n) is 14.0. The lowest BCUT2D eigenvalue weighted by atomic mass is 9.50. The lowest BCUT2D eigenvalue weighted by molar-refractivity contribution is -0.157. The first-order chi connectivity index (χ1) is 10.7. The molecule has 0 unspecified atom stereocenters. The standard InChI is InChI=1S/C19H24O4/c1-11(20)13-9-12-5-6-16-18(2,14(12)10-15(13)21)7-4-8-19(16,3)17(22)23/h9-10,16,21H,4-8H2,1-3H3,(H,22,23)/t16-,18-,19-/m0/s1. The predicted octanol–water partition coefficient (Wildman–Crippen LogP) is 3.69. The number of Topliss-reactive ketones (excluding diaryl/α,β-unsaturated/α-hetero) is 1. The van der Waals surface area contributed by atoms with Crippen LogP contribution in [0.1, 0.15) is 67.9 Å². The first kappa shape index (κ1) is 16.0. The van der Waals surface area contributed by atoms with Crippen LogP contribution in [0.25, 0.3) is 0 Å². The number of carboxylic acids is 1. The number of carbonyl (C=O) groups excluding carboxylic acids is 1. The lowest BCUT2D eigenvalue weighted by Crippen LogP contribution is -2.52. The average molecular weight is 316 g/mol. The molecule has 4 heteroatoms. The first-order valence-electron chi connectivity index (χ1n) is 8.31. The fourth-order valence-electron chi connectivity index (χ4n) is 5.04. The van der Waals surface area contributed by atoms with E-state index in [1.165, 1.54) is 6.92 Å². The molecule has 0 amide bonds. The Kier molecular flexibility index (Phi) is 3.54. The number of carboxylic acid groups (broad SMARTS) is 1. The van der Waals surface area contributed by atoms with E-state index in [-0.39, 0.29) is 22.9 Å². The van der Waals surface area contributed by atoms with Gasteiger partial charge in [-0.3, -0.25) is 9.59 Å². The van der Waals surface area contributed by atoms with Crippen molar-refractivity contribution in [2.24, 2.45) is 11.3 Å². The van der Waals surface area contributed by atoms with Crippen molar-refractivity contribution in [2.45, 2.75) is 58.3 Å². The maximum atomic E-state index is 11.9. The molecular formula is C19H24O4. The van der Waals surface area contributed by atoms with Crippen molar-refractivity contribution >= 4 is 11.8 Å². The Hall–Kier alpha value is -1.84. The lowest BCUT2D eigenvalue weighted by Gasteiger charge is -2.53. The van der Waals surface area contributed by atoms with Gasteiger partial charge < -0.3 is 10.2 Å². The van der Waals surface area contributed by atoms with Gasteiger partial charge in [0.2, 0.25) is 0 Å². The highest BCUT2D eigenvalue weighted by Crippen LogP contribution is 2.57. The quantitative estimate of drug-likeness (QED) is 0.816. The maximum absolute atomic E-state index is 11.9. The largest absolute Gasteiger partial charge is 0.507 e. The van der Waals surface area contributed by atoms with Crippen LogP contribution >= 0.6 is 0 Å². The topological polar surface area (TPSA) is 74.6 Å². The summed E-state index contributed by atoms with van der Waals surface area (Å²) < 4.78 is 0. The molecule has 0 spiro atoms. The summed E-state index contributed by atoms with van der Waals surface area (Å²) in [7, 11) is 0. The van der Waals surface area contributed by atoms with E-state index >= 15 is 0 Å². The Bertz CT molecular complexity index is 693. The van der Waals surface area contributed by atoms with Crippen LogP contribution in [0, 0.1) is 11.3 Å². The number of hydrogen-bond acceptors (Lipinski definition) is 3. The highest BCUT2D eigenvalue weighted by molar-refractivity contribution is 5.97. The molecule has 2 N–H and O–H groups in total. The third-order valence-electron chi connectivity index (χ3n) is 6.34. The molecule has 0 saturated heterocycles. The van der Waals surface area contributed by atoms with Crippen LogP contribution in [0.4, 0.5) is 0 Å². The van der Waals surface area contributed by atoms with Crippen molar-refractivity contribution in [3.8, 4) is 5.75 Å². The monoisotopic (exact) mass is 316 g/mol. The number of phenolic OH excluding ortho intramolecular Hbond substituents is 1. The molecule has 1 aromatic carbocycles. The maximum Gasteiger partial charge on any atom is 0.309 e. The molecular weight excluding hydrogens is 292 g/mol. The number of rotatable bonds is 2. The van der Waals surface area contributed by atoms with Crippen molar-refractivity contribution in [3.05, 3.63) is 28.8 Å². The summed E-state index contributed by atoms with van der Waals surface area (Å²) in [4.78, 5) is 23.6. The number of phenols is 1. The number of aromatic hydroxyl groups is 1. The Morgan fingerprint density at radius 2 is 1.91 bits per heavy atom. The zero-order valence-corrected chi connectivity index (χ0v) is 14.0. The molecule has 4 nitrogen and oxygen atoms in total. The van der Waals surface area contributed by atoms with Gasteiger partial charge in [-0.2, -0.15) is 0 Å². The van der Waals surface area contributed by atoms with Gasteiger partial charge in [-0.1, -0.05) is 13.3 Å². The van der Waals surface area contributed by atoms with Crippen molar-refractivity contribution in [2.75, 3.05) is 0 Å². The van der Waals surface area contributed by atoms with Crippen molar-refractivity contribution in [3.63, 3.8) is 0 Å². The Labute approximate surface area is 136 Å². The average Bonchev–Trinajstić information content (AvgIpc) is 2.46. The van der Waals surface area contributed by atoms with E-state index in [4.69, 9.17) is 0 Å². The molecule has 3 atom stereocenters. The Morgan fingerprint density at radius 3 is 2.52 bits per heavy atom. The number of hydrogen-bond donors (Lipinski definition) is 2. The van der Waals surface area contributed by atoms with E-state index in [2.05, 4.69) is 6.92 Å². The minimum Gasteiger partial charge on any atom is -0.507 e.